The van der Waals surface area contributed by atoms with Crippen molar-refractivity contribution in [1.29, 1.82) is 0 Å². The molecule has 1 atom stereocenters. The van der Waals surface area contributed by atoms with Crippen LogP contribution in [0.1, 0.15) is 15.9 Å². The summed E-state index contributed by atoms with van der Waals surface area (Å²) in [5, 5.41) is 0. The molecule has 0 heterocycles. The number of fused-ring (bicyclic) bond motifs is 1. The van der Waals surface area contributed by atoms with E-state index in [4.69, 9.17) is 0 Å². The summed E-state index contributed by atoms with van der Waals surface area (Å²) in [6.45, 7) is 0. The lowest BCUT2D eigenvalue weighted by molar-refractivity contribution is -0.334. The van der Waals surface area contributed by atoms with E-state index < -0.39 is 18.2 Å². The van der Waals surface area contributed by atoms with Gasteiger partial charge in [-0.15, -0.1) is 13.2 Å². The minimum atomic E-state index is -4.76. The molecule has 0 aromatic heterocycles. The van der Waals surface area contributed by atoms with Gasteiger partial charge in [0.2, 0.25) is 0 Å². The summed E-state index contributed by atoms with van der Waals surface area (Å²) >= 11 is 0. The predicted octanol–water partition coefficient (Wildman–Crippen LogP) is 2.33. The summed E-state index contributed by atoms with van der Waals surface area (Å²) in [5.74, 6) is -0.595. The van der Waals surface area contributed by atoms with E-state index in [2.05, 4.69) is 4.74 Å². The molecule has 0 amide bonds. The highest BCUT2D eigenvalue weighted by molar-refractivity contribution is 6.03. The number of hydrogen-bond donors (Lipinski definition) is 0. The topological polar surface area (TPSA) is 26.3 Å². The van der Waals surface area contributed by atoms with Crippen LogP contribution in [0.5, 0.6) is 0 Å². The third kappa shape index (κ3) is 2.02. The summed E-state index contributed by atoms with van der Waals surface area (Å²) < 4.78 is 39.5. The fourth-order valence-electron chi connectivity index (χ4n) is 1.66. The summed E-state index contributed by atoms with van der Waals surface area (Å²) in [6, 6.07) is 6.44. The Morgan fingerprint density at radius 2 is 1.93 bits per heavy atom. The highest BCUT2D eigenvalue weighted by atomic mass is 19.4. The Labute approximate surface area is 83.7 Å². The van der Waals surface area contributed by atoms with Crippen molar-refractivity contribution < 1.29 is 22.7 Å². The molecular weight excluding hydrogens is 209 g/mol. The molecule has 1 aromatic carbocycles. The van der Waals surface area contributed by atoms with Gasteiger partial charge in [0.1, 0.15) is 6.10 Å². The summed E-state index contributed by atoms with van der Waals surface area (Å²) in [5.41, 5.74) is 0.934. The van der Waals surface area contributed by atoms with E-state index in [1.54, 1.807) is 18.2 Å². The number of carbonyl (C=O) groups excluding carboxylic acids is 1. The molecule has 0 spiro atoms. The Balaban J connectivity index is 2.21. The van der Waals surface area contributed by atoms with Gasteiger partial charge in [-0.25, -0.2) is 0 Å². The van der Waals surface area contributed by atoms with Crippen molar-refractivity contribution in [3.8, 4) is 0 Å². The van der Waals surface area contributed by atoms with Gasteiger partial charge in [-0.05, 0) is 5.56 Å². The second-order valence-electron chi connectivity index (χ2n) is 3.28. The van der Waals surface area contributed by atoms with Crippen LogP contribution < -0.4 is 0 Å². The van der Waals surface area contributed by atoms with Crippen LogP contribution in [-0.2, 0) is 11.2 Å². The second-order valence-corrected chi connectivity index (χ2v) is 3.28. The van der Waals surface area contributed by atoms with Crippen LogP contribution in [0.3, 0.4) is 0 Å². The maximum absolute atomic E-state index is 11.9. The largest absolute Gasteiger partial charge is 0.523 e. The molecule has 1 aliphatic rings. The van der Waals surface area contributed by atoms with E-state index in [1.165, 1.54) is 6.07 Å². The molecule has 5 heteroatoms. The Hall–Kier alpha value is -1.36. The molecule has 1 aromatic rings. The zero-order chi connectivity index (χ0) is 11.1. The lowest BCUT2D eigenvalue weighted by Gasteiger charge is -2.11. The van der Waals surface area contributed by atoms with Gasteiger partial charge in [0, 0.05) is 12.0 Å². The Kier molecular flexibility index (Phi) is 2.26. The first kappa shape index (κ1) is 10.2. The average molecular weight is 216 g/mol. The van der Waals surface area contributed by atoms with Crippen LogP contribution in [0, 0.1) is 0 Å². The molecule has 0 saturated carbocycles. The van der Waals surface area contributed by atoms with Crippen LogP contribution >= 0.6 is 0 Å². The SMILES string of the molecule is O=C1c2ccccc2CC1OC(F)(F)F. The van der Waals surface area contributed by atoms with Crippen molar-refractivity contribution in [2.24, 2.45) is 0 Å². The predicted molar refractivity (Wildman–Crippen MR) is 45.4 cm³/mol. The van der Waals surface area contributed by atoms with Crippen LogP contribution in [0.4, 0.5) is 13.2 Å². The fraction of sp³-hybridized carbons (Fsp3) is 0.300. The molecule has 0 radical (unpaired) electrons. The molecule has 0 fully saturated rings. The summed E-state index contributed by atoms with van der Waals surface area (Å²) in [7, 11) is 0. The van der Waals surface area contributed by atoms with E-state index in [9.17, 15) is 18.0 Å². The second kappa shape index (κ2) is 3.34. The smallest absolute Gasteiger partial charge is 0.291 e. The molecule has 1 aliphatic carbocycles. The number of ether oxygens (including phenoxy) is 1. The summed E-state index contributed by atoms with van der Waals surface area (Å²) in [6.07, 6.45) is -6.18. The molecule has 2 nitrogen and oxygen atoms in total. The van der Waals surface area contributed by atoms with Crippen LogP contribution in [0.25, 0.3) is 0 Å². The maximum Gasteiger partial charge on any atom is 0.523 e. The lowest BCUT2D eigenvalue weighted by atomic mass is 10.1. The zero-order valence-corrected chi connectivity index (χ0v) is 7.54. The van der Waals surface area contributed by atoms with E-state index in [0.717, 1.165) is 0 Å². The Bertz CT molecular complexity index is 398. The van der Waals surface area contributed by atoms with Gasteiger partial charge < -0.3 is 0 Å². The van der Waals surface area contributed by atoms with Gasteiger partial charge in [0.25, 0.3) is 0 Å². The molecule has 0 saturated heterocycles. The molecule has 1 unspecified atom stereocenters. The van der Waals surface area contributed by atoms with E-state index in [-0.39, 0.29) is 6.42 Å². The van der Waals surface area contributed by atoms with Crippen LogP contribution in [0.15, 0.2) is 24.3 Å². The number of halogens is 3. The van der Waals surface area contributed by atoms with Crippen LogP contribution in [-0.4, -0.2) is 18.2 Å². The van der Waals surface area contributed by atoms with Crippen molar-refractivity contribution in [3.05, 3.63) is 35.4 Å². The quantitative estimate of drug-likeness (QED) is 0.720. The molecule has 2 rings (SSSR count). The van der Waals surface area contributed by atoms with Gasteiger partial charge in [0.05, 0.1) is 0 Å². The zero-order valence-electron chi connectivity index (χ0n) is 7.54. The number of Topliss-reactive ketones (excluding diaryl/α,β-unsaturated/α-hetero) is 1. The van der Waals surface area contributed by atoms with Crippen molar-refractivity contribution in [2.75, 3.05) is 0 Å². The normalized spacial score (nSPS) is 20.5. The highest BCUT2D eigenvalue weighted by Crippen LogP contribution is 2.28. The monoisotopic (exact) mass is 216 g/mol. The van der Waals surface area contributed by atoms with Gasteiger partial charge in [-0.1, -0.05) is 24.3 Å². The van der Waals surface area contributed by atoms with Crippen molar-refractivity contribution in [2.45, 2.75) is 18.9 Å². The van der Waals surface area contributed by atoms with E-state index in [0.29, 0.717) is 11.1 Å². The number of rotatable bonds is 1. The average Bonchev–Trinajstić information content (AvgIpc) is 2.42. The maximum atomic E-state index is 11.9. The minimum absolute atomic E-state index is 0.00544. The number of alkyl halides is 3. The standard InChI is InChI=1S/C10H7F3O2/c11-10(12,13)15-8-5-6-3-1-2-4-7(6)9(8)14/h1-4,8H,5H2. The minimum Gasteiger partial charge on any atom is -0.291 e. The molecule has 0 bridgehead atoms. The van der Waals surface area contributed by atoms with E-state index >= 15 is 0 Å². The number of benzene rings is 1. The lowest BCUT2D eigenvalue weighted by Crippen LogP contribution is -2.28. The molecule has 0 aliphatic heterocycles. The third-order valence-corrected chi connectivity index (χ3v) is 2.26. The number of hydrogen-bond acceptors (Lipinski definition) is 2. The summed E-state index contributed by atoms with van der Waals surface area (Å²) in [4.78, 5) is 11.4. The van der Waals surface area contributed by atoms with Crippen LogP contribution in [0.2, 0.25) is 0 Å². The number of ketones is 1. The fourth-order valence-corrected chi connectivity index (χ4v) is 1.66. The first-order chi connectivity index (χ1) is 6.97. The van der Waals surface area contributed by atoms with Gasteiger partial charge >= 0.3 is 6.36 Å². The van der Waals surface area contributed by atoms with Crippen molar-refractivity contribution >= 4 is 5.78 Å². The Morgan fingerprint density at radius 1 is 1.27 bits per heavy atom. The van der Waals surface area contributed by atoms with Crippen molar-refractivity contribution in [3.63, 3.8) is 0 Å². The third-order valence-electron chi connectivity index (χ3n) is 2.26. The molecule has 80 valence electrons. The van der Waals surface area contributed by atoms with E-state index in [1.807, 2.05) is 0 Å². The van der Waals surface area contributed by atoms with Gasteiger partial charge in [0.15, 0.2) is 5.78 Å². The van der Waals surface area contributed by atoms with Gasteiger partial charge in [-0.3, -0.25) is 9.53 Å². The molecule has 0 N–H and O–H groups in total. The Morgan fingerprint density at radius 3 is 2.53 bits per heavy atom. The number of carbonyl (C=O) groups is 1. The molecule has 15 heavy (non-hydrogen) atoms. The van der Waals surface area contributed by atoms with Gasteiger partial charge in [-0.2, -0.15) is 0 Å². The molecular formula is C10H7F3O2. The first-order valence-electron chi connectivity index (χ1n) is 4.34. The first-order valence-corrected chi connectivity index (χ1v) is 4.34. The van der Waals surface area contributed by atoms with Crippen molar-refractivity contribution in [1.82, 2.24) is 0 Å². The highest BCUT2D eigenvalue weighted by Gasteiger charge is 2.40.